The number of benzene rings is 1. The van der Waals surface area contributed by atoms with E-state index in [4.69, 9.17) is 17.3 Å². The van der Waals surface area contributed by atoms with Crippen LogP contribution in [-0.2, 0) is 0 Å². The number of aromatic nitrogens is 2. The van der Waals surface area contributed by atoms with Gasteiger partial charge >= 0.3 is 0 Å². The summed E-state index contributed by atoms with van der Waals surface area (Å²) in [6, 6.07) is 7.41. The Hall–Kier alpha value is -1.85. The van der Waals surface area contributed by atoms with Crippen LogP contribution >= 0.6 is 11.6 Å². The molecule has 1 atom stereocenters. The number of hydrogen-bond acceptors (Lipinski definition) is 3. The third-order valence-electron chi connectivity index (χ3n) is 4.06. The van der Waals surface area contributed by atoms with Crippen molar-refractivity contribution in [2.45, 2.75) is 39.7 Å². The van der Waals surface area contributed by atoms with Crippen molar-refractivity contribution in [2.24, 2.45) is 11.7 Å². The molecule has 0 saturated heterocycles. The molecule has 130 valence electrons. The summed E-state index contributed by atoms with van der Waals surface area (Å²) in [6.07, 6.45) is 2.38. The van der Waals surface area contributed by atoms with E-state index in [1.165, 1.54) is 0 Å². The quantitative estimate of drug-likeness (QED) is 0.841. The molecule has 24 heavy (non-hydrogen) atoms. The van der Waals surface area contributed by atoms with Gasteiger partial charge in [-0.2, -0.15) is 5.10 Å². The molecule has 1 amide bonds. The Labute approximate surface area is 148 Å². The Kier molecular flexibility index (Phi) is 5.67. The topological polar surface area (TPSA) is 72.9 Å². The second kappa shape index (κ2) is 7.36. The number of nitrogens with two attached hydrogens (primary N) is 1. The first-order valence-electron chi connectivity index (χ1n) is 8.09. The summed E-state index contributed by atoms with van der Waals surface area (Å²) < 4.78 is 1.68. The number of nitrogens with one attached hydrogen (secondary N) is 1. The molecule has 1 heterocycles. The minimum atomic E-state index is -0.440. The van der Waals surface area contributed by atoms with Gasteiger partial charge in [0.15, 0.2) is 0 Å². The maximum Gasteiger partial charge on any atom is 0.255 e. The van der Waals surface area contributed by atoms with E-state index in [2.05, 4.69) is 24.3 Å². The van der Waals surface area contributed by atoms with Crippen LogP contribution in [0.3, 0.4) is 0 Å². The van der Waals surface area contributed by atoms with Crippen molar-refractivity contribution in [3.8, 4) is 5.69 Å². The summed E-state index contributed by atoms with van der Waals surface area (Å²) in [5.74, 6) is 0.269. The summed E-state index contributed by atoms with van der Waals surface area (Å²) in [5.41, 5.74) is 7.46. The first kappa shape index (κ1) is 18.5. The van der Waals surface area contributed by atoms with Gasteiger partial charge in [0, 0.05) is 12.1 Å². The van der Waals surface area contributed by atoms with Gasteiger partial charge < -0.3 is 11.1 Å². The Balaban J connectivity index is 2.28. The van der Waals surface area contributed by atoms with Crippen LogP contribution in [0.2, 0.25) is 5.02 Å². The predicted molar refractivity (Wildman–Crippen MR) is 97.7 cm³/mol. The fraction of sp³-hybridized carbons (Fsp3) is 0.444. The van der Waals surface area contributed by atoms with E-state index >= 15 is 0 Å². The largest absolute Gasteiger partial charge is 0.345 e. The van der Waals surface area contributed by atoms with Crippen molar-refractivity contribution < 1.29 is 4.79 Å². The van der Waals surface area contributed by atoms with Crippen LogP contribution in [0.15, 0.2) is 30.5 Å². The highest BCUT2D eigenvalue weighted by molar-refractivity contribution is 6.32. The molecule has 0 aliphatic heterocycles. The molecule has 5 nitrogen and oxygen atoms in total. The molecule has 6 heteroatoms. The van der Waals surface area contributed by atoms with Gasteiger partial charge in [-0.05, 0) is 38.3 Å². The van der Waals surface area contributed by atoms with Crippen LogP contribution < -0.4 is 11.1 Å². The number of hydrogen-bond donors (Lipinski definition) is 2. The summed E-state index contributed by atoms with van der Waals surface area (Å²) >= 11 is 6.23. The number of nitrogens with zero attached hydrogens (tertiary/aromatic N) is 2. The smallest absolute Gasteiger partial charge is 0.255 e. The van der Waals surface area contributed by atoms with Crippen molar-refractivity contribution in [1.82, 2.24) is 15.1 Å². The van der Waals surface area contributed by atoms with Crippen molar-refractivity contribution >= 4 is 17.5 Å². The lowest BCUT2D eigenvalue weighted by Gasteiger charge is -2.31. The average Bonchev–Trinajstić information content (AvgIpc) is 2.88. The molecular weight excluding hydrogens is 324 g/mol. The van der Waals surface area contributed by atoms with E-state index in [1.807, 2.05) is 32.0 Å². The van der Waals surface area contributed by atoms with E-state index in [1.54, 1.807) is 16.9 Å². The van der Waals surface area contributed by atoms with Gasteiger partial charge in [0.05, 0.1) is 28.2 Å². The lowest BCUT2D eigenvalue weighted by atomic mass is 9.90. The molecular formula is C18H25ClN4O. The number of rotatable bonds is 6. The Morgan fingerprint density at radius 2 is 2.08 bits per heavy atom. The number of halogens is 1. The van der Waals surface area contributed by atoms with Crippen LogP contribution in [0.4, 0.5) is 0 Å². The van der Waals surface area contributed by atoms with Gasteiger partial charge in [0.25, 0.3) is 5.91 Å². The lowest BCUT2D eigenvalue weighted by Crippen LogP contribution is -2.52. The van der Waals surface area contributed by atoms with Crippen LogP contribution in [0, 0.1) is 12.8 Å². The number of carbonyl (C=O) groups is 1. The molecule has 3 N–H and O–H groups in total. The molecule has 0 aliphatic rings. The highest BCUT2D eigenvalue weighted by Crippen LogP contribution is 2.23. The highest BCUT2D eigenvalue weighted by atomic mass is 35.5. The van der Waals surface area contributed by atoms with E-state index in [-0.39, 0.29) is 5.91 Å². The highest BCUT2D eigenvalue weighted by Gasteiger charge is 2.28. The molecule has 0 aliphatic carbocycles. The standard InChI is InChI=1S/C18H25ClN4O/c1-12(2)9-18(4,11-20)22-17(24)14-10-21-23(13(14)3)16-8-6-5-7-15(16)19/h5-8,10,12H,9,11,20H2,1-4H3,(H,22,24). The molecule has 1 aromatic carbocycles. The summed E-state index contributed by atoms with van der Waals surface area (Å²) in [6.45, 7) is 8.43. The minimum absolute atomic E-state index is 0.167. The zero-order chi connectivity index (χ0) is 17.9. The fourth-order valence-corrected chi connectivity index (χ4v) is 3.14. The van der Waals surface area contributed by atoms with Crippen molar-refractivity contribution in [3.05, 3.63) is 46.7 Å². The summed E-state index contributed by atoms with van der Waals surface area (Å²) in [7, 11) is 0. The van der Waals surface area contributed by atoms with Crippen LogP contribution in [-0.4, -0.2) is 27.8 Å². The maximum absolute atomic E-state index is 12.7. The van der Waals surface area contributed by atoms with Crippen molar-refractivity contribution in [1.29, 1.82) is 0 Å². The van der Waals surface area contributed by atoms with Gasteiger partial charge in [-0.15, -0.1) is 0 Å². The SMILES string of the molecule is Cc1c(C(=O)NC(C)(CN)CC(C)C)cnn1-c1ccccc1Cl. The molecule has 0 spiro atoms. The molecule has 0 bridgehead atoms. The zero-order valence-electron chi connectivity index (χ0n) is 14.6. The molecule has 0 radical (unpaired) electrons. The summed E-state index contributed by atoms with van der Waals surface area (Å²) in [4.78, 5) is 12.7. The zero-order valence-corrected chi connectivity index (χ0v) is 15.4. The minimum Gasteiger partial charge on any atom is -0.345 e. The van der Waals surface area contributed by atoms with E-state index in [0.29, 0.717) is 23.0 Å². The Bertz CT molecular complexity index is 726. The Morgan fingerprint density at radius 1 is 1.42 bits per heavy atom. The number of amides is 1. The lowest BCUT2D eigenvalue weighted by molar-refractivity contribution is 0.0897. The van der Waals surface area contributed by atoms with Crippen molar-refractivity contribution in [2.75, 3.05) is 6.54 Å². The second-order valence-electron chi connectivity index (χ2n) is 6.82. The summed E-state index contributed by atoms with van der Waals surface area (Å²) in [5, 5.41) is 7.97. The maximum atomic E-state index is 12.7. The van der Waals surface area contributed by atoms with Crippen molar-refractivity contribution in [3.63, 3.8) is 0 Å². The van der Waals surface area contributed by atoms with Crippen LogP contribution in [0.25, 0.3) is 5.69 Å². The monoisotopic (exact) mass is 348 g/mol. The van der Waals surface area contributed by atoms with Crippen LogP contribution in [0.1, 0.15) is 43.2 Å². The van der Waals surface area contributed by atoms with Gasteiger partial charge in [0.2, 0.25) is 0 Å². The van der Waals surface area contributed by atoms with E-state index < -0.39 is 5.54 Å². The molecule has 1 aromatic heterocycles. The molecule has 2 aromatic rings. The third kappa shape index (κ3) is 3.97. The first-order chi connectivity index (χ1) is 11.3. The molecule has 2 rings (SSSR count). The normalized spacial score (nSPS) is 13.8. The van der Waals surface area contributed by atoms with Gasteiger partial charge in [-0.25, -0.2) is 4.68 Å². The van der Waals surface area contributed by atoms with Gasteiger partial charge in [-0.3, -0.25) is 4.79 Å². The third-order valence-corrected chi connectivity index (χ3v) is 4.38. The Morgan fingerprint density at radius 3 is 2.67 bits per heavy atom. The van der Waals surface area contributed by atoms with Gasteiger partial charge in [0.1, 0.15) is 0 Å². The van der Waals surface area contributed by atoms with Crippen LogP contribution in [0.5, 0.6) is 0 Å². The first-order valence-corrected chi connectivity index (χ1v) is 8.47. The van der Waals surface area contributed by atoms with Gasteiger partial charge in [-0.1, -0.05) is 37.6 Å². The fourth-order valence-electron chi connectivity index (χ4n) is 2.93. The van der Waals surface area contributed by atoms with E-state index in [9.17, 15) is 4.79 Å². The second-order valence-corrected chi connectivity index (χ2v) is 7.23. The number of para-hydroxylation sites is 1. The van der Waals surface area contributed by atoms with E-state index in [0.717, 1.165) is 17.8 Å². The number of carbonyl (C=O) groups excluding carboxylic acids is 1. The average molecular weight is 349 g/mol. The molecule has 0 saturated carbocycles. The molecule has 0 fully saturated rings. The molecule has 1 unspecified atom stereocenters. The predicted octanol–water partition coefficient (Wildman–Crippen LogP) is 3.33.